The molecule has 2 aromatic carbocycles. The zero-order valence-corrected chi connectivity index (χ0v) is 56.1. The van der Waals surface area contributed by atoms with Crippen LogP contribution in [-0.2, 0) is 12.8 Å². The number of hydrogen-bond donors (Lipinski definition) is 0. The number of rotatable bonds is 47. The van der Waals surface area contributed by atoms with Gasteiger partial charge in [0.1, 0.15) is 11.0 Å². The van der Waals surface area contributed by atoms with E-state index in [1.807, 2.05) is 34.0 Å². The maximum Gasteiger partial charge on any atom is 0.144 e. The minimum Gasteiger partial charge on any atom is -0.243 e. The van der Waals surface area contributed by atoms with E-state index in [-0.39, 0.29) is 0 Å². The third-order valence-electron chi connectivity index (χ3n) is 18.1. The van der Waals surface area contributed by atoms with E-state index in [9.17, 15) is 0 Å². The molecule has 0 bridgehead atoms. The highest BCUT2D eigenvalue weighted by Gasteiger charge is 2.24. The Kier molecular flexibility index (Phi) is 29.9. The van der Waals surface area contributed by atoms with Gasteiger partial charge in [-0.1, -0.05) is 277 Å². The third kappa shape index (κ3) is 19.8. The van der Waals surface area contributed by atoms with E-state index in [1.54, 1.807) is 4.88 Å². The van der Waals surface area contributed by atoms with Crippen LogP contribution in [0.15, 0.2) is 57.9 Å². The van der Waals surface area contributed by atoms with E-state index in [4.69, 9.17) is 4.63 Å². The quantitative estimate of drug-likeness (QED) is 0.0357. The lowest BCUT2D eigenvalue weighted by Gasteiger charge is -2.15. The summed E-state index contributed by atoms with van der Waals surface area (Å²) in [5, 5.41) is 18.5. The molecule has 6 aromatic heterocycles. The van der Waals surface area contributed by atoms with Gasteiger partial charge in [0.05, 0.1) is 9.40 Å². The lowest BCUT2D eigenvalue weighted by Crippen LogP contribution is -1.97. The van der Waals surface area contributed by atoms with Gasteiger partial charge in [-0.15, -0.1) is 56.7 Å². The molecule has 0 saturated heterocycles. The van der Waals surface area contributed by atoms with Gasteiger partial charge in [-0.25, -0.2) is 4.63 Å². The van der Waals surface area contributed by atoms with Gasteiger partial charge < -0.3 is 0 Å². The maximum atomic E-state index is 5.65. The molecular weight excluding hydrogens is 1090 g/mol. The van der Waals surface area contributed by atoms with Gasteiger partial charge >= 0.3 is 0 Å². The van der Waals surface area contributed by atoms with Crippen LogP contribution >= 0.6 is 56.7 Å². The lowest BCUT2D eigenvalue weighted by molar-refractivity contribution is 0.315. The molecule has 0 fully saturated rings. The second-order valence-electron chi connectivity index (χ2n) is 25.0. The molecule has 1 atom stereocenters. The zero-order chi connectivity index (χ0) is 56.8. The third-order valence-corrected chi connectivity index (χ3v) is 24.1. The van der Waals surface area contributed by atoms with E-state index in [1.165, 1.54) is 324 Å². The minimum absolute atomic E-state index is 0.663. The topological polar surface area (TPSA) is 38.9 Å². The Bertz CT molecular complexity index is 2970. The SMILES string of the molecule is CCCCCCCCCCCCc1csc(-c2ccc(-c3cc(CCCCCCCCCCCC)c(-c4cc5c6cc(C(CCCCCCCCCCC)CCCCCCCCCCCC)sc6c6ccsc6c5s4)s3)c3nonc23)c1. The molecule has 0 aliphatic carbocycles. The molecule has 8 aromatic rings. The van der Waals surface area contributed by atoms with Crippen LogP contribution in [-0.4, -0.2) is 10.3 Å². The molecule has 0 spiro atoms. The fourth-order valence-corrected chi connectivity index (χ4v) is 19.1. The maximum absolute atomic E-state index is 5.65. The van der Waals surface area contributed by atoms with E-state index in [2.05, 4.69) is 114 Å². The number of fused-ring (bicyclic) bond motifs is 7. The first-order chi connectivity index (χ1) is 40.6. The molecule has 8 heteroatoms. The summed E-state index contributed by atoms with van der Waals surface area (Å²) in [5.74, 6) is 0.663. The number of hydrogen-bond acceptors (Lipinski definition) is 8. The Morgan fingerprint density at radius 3 is 1.37 bits per heavy atom. The molecule has 0 aliphatic heterocycles. The molecular formula is C74H108N2OS5. The summed E-state index contributed by atoms with van der Waals surface area (Å²) in [7, 11) is 0. The summed E-state index contributed by atoms with van der Waals surface area (Å²) in [5.41, 5.74) is 7.01. The minimum atomic E-state index is 0.663. The largest absolute Gasteiger partial charge is 0.243 e. The van der Waals surface area contributed by atoms with E-state index in [0.717, 1.165) is 35.0 Å². The number of nitrogens with zero attached hydrogens (tertiary/aromatic N) is 2. The average Bonchev–Trinajstić information content (AvgIpc) is 3.32. The number of benzene rings is 2. The molecule has 82 heavy (non-hydrogen) atoms. The van der Waals surface area contributed by atoms with Crippen molar-refractivity contribution in [3.63, 3.8) is 0 Å². The summed E-state index contributed by atoms with van der Waals surface area (Å²) in [6.45, 7) is 9.28. The highest BCUT2D eigenvalue weighted by atomic mass is 32.1. The summed E-state index contributed by atoms with van der Waals surface area (Å²) < 4.78 is 10.1. The highest BCUT2D eigenvalue weighted by molar-refractivity contribution is 7.31. The zero-order valence-electron chi connectivity index (χ0n) is 52.0. The van der Waals surface area contributed by atoms with Crippen LogP contribution in [0.4, 0.5) is 0 Å². The monoisotopic (exact) mass is 1200 g/mol. The van der Waals surface area contributed by atoms with Gasteiger partial charge in [0.2, 0.25) is 0 Å². The summed E-state index contributed by atoms with van der Waals surface area (Å²) in [4.78, 5) is 7.09. The first kappa shape index (κ1) is 65.1. The van der Waals surface area contributed by atoms with Crippen molar-refractivity contribution in [3.8, 4) is 30.6 Å². The number of thiophene rings is 5. The van der Waals surface area contributed by atoms with Crippen molar-refractivity contribution in [2.75, 3.05) is 0 Å². The fourth-order valence-electron chi connectivity index (χ4n) is 13.0. The molecule has 8 rings (SSSR count). The summed E-state index contributed by atoms with van der Waals surface area (Å²) in [6, 6.07) is 17.3. The van der Waals surface area contributed by atoms with Crippen molar-refractivity contribution in [2.24, 2.45) is 0 Å². The fraction of sp³-hybridized carbons (Fsp3) is 0.649. The van der Waals surface area contributed by atoms with Crippen LogP contribution in [0.3, 0.4) is 0 Å². The molecule has 0 amide bonds. The van der Waals surface area contributed by atoms with Crippen molar-refractivity contribution in [2.45, 2.75) is 310 Å². The summed E-state index contributed by atoms with van der Waals surface area (Å²) in [6.07, 6.45) is 58.9. The second kappa shape index (κ2) is 37.6. The van der Waals surface area contributed by atoms with E-state index in [0.29, 0.717) is 5.92 Å². The van der Waals surface area contributed by atoms with Crippen LogP contribution in [0.2, 0.25) is 0 Å². The molecule has 0 radical (unpaired) electrons. The van der Waals surface area contributed by atoms with Crippen LogP contribution in [0.1, 0.15) is 313 Å². The molecule has 0 saturated carbocycles. The molecule has 6 heterocycles. The van der Waals surface area contributed by atoms with E-state index >= 15 is 0 Å². The van der Waals surface area contributed by atoms with Gasteiger partial charge in [-0.2, -0.15) is 0 Å². The van der Waals surface area contributed by atoms with Crippen molar-refractivity contribution < 1.29 is 4.63 Å². The Hall–Kier alpha value is -2.88. The number of aromatic nitrogens is 2. The van der Waals surface area contributed by atoms with Gasteiger partial charge in [-0.3, -0.25) is 0 Å². The Morgan fingerprint density at radius 1 is 0.378 bits per heavy atom. The van der Waals surface area contributed by atoms with E-state index < -0.39 is 0 Å². The normalized spacial score (nSPS) is 12.5. The van der Waals surface area contributed by atoms with Crippen LogP contribution in [0, 0.1) is 0 Å². The highest BCUT2D eigenvalue weighted by Crippen LogP contribution is 2.52. The molecule has 450 valence electrons. The Labute approximate surface area is 518 Å². The average molecular weight is 1200 g/mol. The van der Waals surface area contributed by atoms with Crippen molar-refractivity contribution in [1.29, 1.82) is 0 Å². The van der Waals surface area contributed by atoms with Gasteiger partial charge in [-0.05, 0) is 107 Å². The Morgan fingerprint density at radius 2 is 0.841 bits per heavy atom. The molecule has 0 N–H and O–H groups in total. The Balaban J connectivity index is 1.02. The first-order valence-corrected chi connectivity index (χ1v) is 38.6. The van der Waals surface area contributed by atoms with Crippen molar-refractivity contribution >= 4 is 98.0 Å². The van der Waals surface area contributed by atoms with Gasteiger partial charge in [0.15, 0.2) is 0 Å². The molecule has 0 aliphatic rings. The number of unbranched alkanes of at least 4 members (excludes halogenated alkanes) is 35. The number of aryl methyl sites for hydroxylation is 2. The standard InChI is InChI=1S/C74H108N2OS5/c1-5-9-13-17-21-25-29-32-36-40-44-57-52-66(79-56-57)60-48-49-61(70-69(60)75-77-76-70)67-53-59(47-43-39-35-31-27-23-19-15-11-7-3)71(81-67)68-55-64-63-54-65(80-72(63)62-50-51-78-73(62)74(64)82-68)58(45-41-37-33-28-24-20-16-12-8-4)46-42-38-34-30-26-22-18-14-10-6-2/h48-56,58H,5-47H2,1-4H3. The summed E-state index contributed by atoms with van der Waals surface area (Å²) >= 11 is 9.99. The first-order valence-electron chi connectivity index (χ1n) is 34.4. The van der Waals surface area contributed by atoms with Gasteiger partial charge in [0, 0.05) is 56.4 Å². The molecule has 3 nitrogen and oxygen atoms in total. The van der Waals surface area contributed by atoms with Crippen molar-refractivity contribution in [1.82, 2.24) is 10.3 Å². The molecule has 1 unspecified atom stereocenters. The predicted molar refractivity (Wildman–Crippen MR) is 372 cm³/mol. The second-order valence-corrected chi connectivity index (χ2v) is 30.0. The lowest BCUT2D eigenvalue weighted by atomic mass is 9.92. The van der Waals surface area contributed by atoms with Crippen LogP contribution < -0.4 is 0 Å². The predicted octanol–water partition coefficient (Wildman–Crippen LogP) is 28.2. The van der Waals surface area contributed by atoms with Crippen LogP contribution in [0.25, 0.3) is 71.9 Å². The smallest absolute Gasteiger partial charge is 0.144 e. The van der Waals surface area contributed by atoms with Crippen molar-refractivity contribution in [3.05, 3.63) is 69.2 Å². The van der Waals surface area contributed by atoms with Gasteiger partial charge in [0.25, 0.3) is 0 Å². The van der Waals surface area contributed by atoms with Crippen LogP contribution in [0.5, 0.6) is 0 Å².